The smallest absolute Gasteiger partial charge is 0.414 e. The predicted octanol–water partition coefficient (Wildman–Crippen LogP) is 5.85. The van der Waals surface area contributed by atoms with Gasteiger partial charge in [0, 0.05) is 27.8 Å². The molecule has 3 rings (SSSR count). The molecule has 0 radical (unpaired) electrons. The Morgan fingerprint density at radius 2 is 1.92 bits per heavy atom. The summed E-state index contributed by atoms with van der Waals surface area (Å²) in [5, 5.41) is 0. The molecule has 0 amide bonds. The summed E-state index contributed by atoms with van der Waals surface area (Å²) in [6.45, 7) is 10.9. The molecule has 0 aromatic carbocycles. The van der Waals surface area contributed by atoms with Crippen molar-refractivity contribution in [2.24, 2.45) is 5.41 Å². The molecule has 136 valence electrons. The maximum Gasteiger partial charge on any atom is 0.414 e. The summed E-state index contributed by atoms with van der Waals surface area (Å²) in [5.41, 5.74) is 3.35. The Bertz CT molecular complexity index is 791. The quantitative estimate of drug-likeness (QED) is 0.684. The van der Waals surface area contributed by atoms with Gasteiger partial charge in [-0.3, -0.25) is 0 Å². The topological polar surface area (TPSA) is 52.3 Å². The summed E-state index contributed by atoms with van der Waals surface area (Å²) in [6, 6.07) is 3.57. The van der Waals surface area contributed by atoms with Crippen LogP contribution in [0.15, 0.2) is 16.5 Å². The predicted molar refractivity (Wildman–Crippen MR) is 94.2 cm³/mol. The molecule has 0 N–H and O–H groups in total. The highest BCUT2D eigenvalue weighted by atomic mass is 19.3. The highest BCUT2D eigenvalue weighted by Crippen LogP contribution is 2.43. The van der Waals surface area contributed by atoms with Gasteiger partial charge < -0.3 is 4.42 Å². The van der Waals surface area contributed by atoms with E-state index in [9.17, 15) is 9.32 Å². The molecule has 0 atom stereocenters. The van der Waals surface area contributed by atoms with Gasteiger partial charge in [0.25, 0.3) is 0 Å². The molecule has 0 unspecified atom stereocenters. The molecule has 2 heterocycles. The van der Waals surface area contributed by atoms with Crippen LogP contribution in [0.4, 0.5) is 4.53 Å². The van der Waals surface area contributed by atoms with E-state index >= 15 is 0 Å². The number of halogens is 1. The van der Waals surface area contributed by atoms with Gasteiger partial charge in [-0.05, 0) is 42.6 Å². The van der Waals surface area contributed by atoms with Crippen LogP contribution in [-0.2, 0) is 10.4 Å². The molecule has 2 aromatic rings. The van der Waals surface area contributed by atoms with E-state index in [2.05, 4.69) is 45.6 Å². The fourth-order valence-electron chi connectivity index (χ4n) is 3.64. The van der Waals surface area contributed by atoms with Crippen molar-refractivity contribution in [2.75, 3.05) is 0 Å². The van der Waals surface area contributed by atoms with Gasteiger partial charge in [0.1, 0.15) is 5.52 Å². The first-order valence-corrected chi connectivity index (χ1v) is 8.88. The van der Waals surface area contributed by atoms with Gasteiger partial charge >= 0.3 is 5.97 Å². The lowest BCUT2D eigenvalue weighted by atomic mass is 9.72. The normalized spacial score (nSPS) is 18.5. The fourth-order valence-corrected chi connectivity index (χ4v) is 3.64. The third kappa shape index (κ3) is 3.55. The number of nitrogens with zero attached hydrogens (tertiary/aromatic N) is 1. The van der Waals surface area contributed by atoms with Gasteiger partial charge in [-0.1, -0.05) is 34.6 Å². The molecule has 4 nitrogen and oxygen atoms in total. The summed E-state index contributed by atoms with van der Waals surface area (Å²) in [6.07, 6.45) is 4.55. The average Bonchev–Trinajstić information content (AvgIpc) is 2.96. The number of rotatable bonds is 2. The van der Waals surface area contributed by atoms with E-state index in [4.69, 9.17) is 9.40 Å². The Morgan fingerprint density at radius 1 is 1.28 bits per heavy atom. The van der Waals surface area contributed by atoms with E-state index in [0.717, 1.165) is 24.1 Å². The lowest BCUT2D eigenvalue weighted by Gasteiger charge is -2.34. The van der Waals surface area contributed by atoms with Crippen molar-refractivity contribution in [1.29, 1.82) is 0 Å². The zero-order chi connectivity index (χ0) is 18.4. The van der Waals surface area contributed by atoms with E-state index in [-0.39, 0.29) is 11.2 Å². The molecular formula is C20H26FNO3. The van der Waals surface area contributed by atoms with Crippen molar-refractivity contribution in [3.05, 3.63) is 29.2 Å². The minimum Gasteiger partial charge on any atom is -0.447 e. The molecule has 2 aromatic heterocycles. The highest BCUT2D eigenvalue weighted by Gasteiger charge is 2.31. The number of furan rings is 1. The fraction of sp³-hybridized carbons (Fsp3) is 0.600. The number of aromatic nitrogens is 1. The monoisotopic (exact) mass is 347 g/mol. The average molecular weight is 347 g/mol. The number of carbonyl (C=O) groups excluding carboxylic acids is 1. The maximum atomic E-state index is 12.2. The van der Waals surface area contributed by atoms with Crippen molar-refractivity contribution in [1.82, 2.24) is 4.98 Å². The summed E-state index contributed by atoms with van der Waals surface area (Å²) in [5.74, 6) is -0.874. The number of carbonyl (C=O) groups is 1. The molecule has 0 saturated heterocycles. The SMILES string of the molecule is CC1(C)CCC(c2cc(C(C)(C)C)c3oc(C(=O)OF)cc3n2)CC1. The first kappa shape index (κ1) is 17.9. The highest BCUT2D eigenvalue weighted by molar-refractivity contribution is 5.92. The van der Waals surface area contributed by atoms with E-state index in [1.807, 2.05) is 0 Å². The number of hydrogen-bond acceptors (Lipinski definition) is 4. The van der Waals surface area contributed by atoms with Gasteiger partial charge in [-0.15, -0.1) is 0 Å². The van der Waals surface area contributed by atoms with Crippen molar-refractivity contribution in [3.8, 4) is 0 Å². The van der Waals surface area contributed by atoms with Crippen molar-refractivity contribution in [2.45, 2.75) is 71.6 Å². The second kappa shape index (κ2) is 6.11. The second-order valence-electron chi connectivity index (χ2n) is 8.97. The maximum absolute atomic E-state index is 12.2. The molecule has 1 saturated carbocycles. The van der Waals surface area contributed by atoms with Crippen LogP contribution in [0.1, 0.15) is 88.0 Å². The van der Waals surface area contributed by atoms with Crippen LogP contribution in [0, 0.1) is 5.41 Å². The number of hydrogen-bond donors (Lipinski definition) is 0. The van der Waals surface area contributed by atoms with E-state index in [1.165, 1.54) is 18.9 Å². The Kier molecular flexibility index (Phi) is 4.38. The van der Waals surface area contributed by atoms with Crippen LogP contribution in [0.3, 0.4) is 0 Å². The lowest BCUT2D eigenvalue weighted by molar-refractivity contribution is -0.0810. The summed E-state index contributed by atoms with van der Waals surface area (Å²) in [7, 11) is 0. The minimum atomic E-state index is -1.13. The van der Waals surface area contributed by atoms with E-state index in [0.29, 0.717) is 22.4 Å². The number of fused-ring (bicyclic) bond motifs is 1. The molecular weight excluding hydrogens is 321 g/mol. The van der Waals surface area contributed by atoms with Crippen LogP contribution in [0.5, 0.6) is 0 Å². The molecule has 5 heteroatoms. The number of pyridine rings is 1. The van der Waals surface area contributed by atoms with E-state index < -0.39 is 5.97 Å². The van der Waals surface area contributed by atoms with Crippen LogP contribution in [0.25, 0.3) is 11.1 Å². The second-order valence-corrected chi connectivity index (χ2v) is 8.97. The van der Waals surface area contributed by atoms with Crippen molar-refractivity contribution < 1.29 is 18.7 Å². The largest absolute Gasteiger partial charge is 0.447 e. The summed E-state index contributed by atoms with van der Waals surface area (Å²) < 4.78 is 17.8. The van der Waals surface area contributed by atoms with Gasteiger partial charge in [-0.2, -0.15) is 0 Å². The molecule has 1 fully saturated rings. The Hall–Kier alpha value is -1.91. The van der Waals surface area contributed by atoms with E-state index in [1.54, 1.807) is 0 Å². The zero-order valence-electron chi connectivity index (χ0n) is 15.6. The molecule has 1 aliphatic rings. The van der Waals surface area contributed by atoms with Gasteiger partial charge in [0.2, 0.25) is 5.76 Å². The van der Waals surface area contributed by atoms with Crippen LogP contribution in [-0.4, -0.2) is 11.0 Å². The third-order valence-corrected chi connectivity index (χ3v) is 5.34. The lowest BCUT2D eigenvalue weighted by Crippen LogP contribution is -2.21. The van der Waals surface area contributed by atoms with Gasteiger partial charge in [0.05, 0.1) is 0 Å². The first-order chi connectivity index (χ1) is 11.6. The molecule has 0 spiro atoms. The Labute approximate surface area is 147 Å². The Balaban J connectivity index is 2.07. The van der Waals surface area contributed by atoms with Gasteiger partial charge in [-0.25, -0.2) is 14.7 Å². The Morgan fingerprint density at radius 3 is 2.48 bits per heavy atom. The molecule has 1 aliphatic carbocycles. The molecule has 0 bridgehead atoms. The molecule has 25 heavy (non-hydrogen) atoms. The zero-order valence-corrected chi connectivity index (χ0v) is 15.6. The first-order valence-electron chi connectivity index (χ1n) is 8.88. The van der Waals surface area contributed by atoms with Crippen LogP contribution in [0.2, 0.25) is 0 Å². The summed E-state index contributed by atoms with van der Waals surface area (Å²) in [4.78, 5) is 19.5. The third-order valence-electron chi connectivity index (χ3n) is 5.34. The van der Waals surface area contributed by atoms with Crippen molar-refractivity contribution >= 4 is 17.1 Å². The molecule has 0 aliphatic heterocycles. The minimum absolute atomic E-state index is 0.155. The van der Waals surface area contributed by atoms with Crippen LogP contribution >= 0.6 is 0 Å². The standard InChI is InChI=1S/C20H26FNO3/c1-19(2,3)13-10-14(12-6-8-20(4,5)9-7-12)22-15-11-16(18(23)25-21)24-17(13)15/h10-12H,6-9H2,1-5H3. The van der Waals surface area contributed by atoms with Gasteiger partial charge in [0.15, 0.2) is 5.58 Å². The summed E-state index contributed by atoms with van der Waals surface area (Å²) >= 11 is 0. The van der Waals surface area contributed by atoms with Crippen molar-refractivity contribution in [3.63, 3.8) is 0 Å². The van der Waals surface area contributed by atoms with Crippen LogP contribution < -0.4 is 0 Å².